The summed E-state index contributed by atoms with van der Waals surface area (Å²) in [6.45, 7) is 0.0841. The molecule has 170 valence electrons. The molecule has 2 N–H and O–H groups in total. The van der Waals surface area contributed by atoms with Gasteiger partial charge in [0.2, 0.25) is 9.47 Å². The quantitative estimate of drug-likeness (QED) is 0.281. The Morgan fingerprint density at radius 1 is 1.12 bits per heavy atom. The Balaban J connectivity index is 1.52. The van der Waals surface area contributed by atoms with Gasteiger partial charge in [-0.1, -0.05) is 52.2 Å². The summed E-state index contributed by atoms with van der Waals surface area (Å²) >= 11 is 19.8. The molecule has 2 aromatic carbocycles. The number of amides is 1. The summed E-state index contributed by atoms with van der Waals surface area (Å²) < 4.78 is 40.6. The molecule has 1 heterocycles. The summed E-state index contributed by atoms with van der Waals surface area (Å²) in [6, 6.07) is 8.78. The van der Waals surface area contributed by atoms with E-state index in [1.807, 2.05) is 0 Å². The number of sulfonamides is 1. The first-order chi connectivity index (χ1) is 15.2. The minimum atomic E-state index is -3.93. The highest BCUT2D eigenvalue weighted by Crippen LogP contribution is 2.25. The highest BCUT2D eigenvalue weighted by atomic mass is 35.5. The Hall–Kier alpha value is -1.47. The molecule has 32 heavy (non-hydrogen) atoms. The Morgan fingerprint density at radius 2 is 1.91 bits per heavy atom. The van der Waals surface area contributed by atoms with Gasteiger partial charge in [-0.15, -0.1) is 10.2 Å². The van der Waals surface area contributed by atoms with Crippen molar-refractivity contribution < 1.29 is 17.6 Å². The molecule has 0 saturated heterocycles. The SMILES string of the molecule is O=C(Nc1nnc(S(=O)(=O)NCCSCc2c(F)cccc2Cl)s1)c1ccc(Cl)cc1Cl. The van der Waals surface area contributed by atoms with Crippen molar-refractivity contribution in [2.24, 2.45) is 0 Å². The average Bonchev–Trinajstić information content (AvgIpc) is 3.19. The van der Waals surface area contributed by atoms with Crippen molar-refractivity contribution in [1.29, 1.82) is 0 Å². The molecule has 7 nitrogen and oxygen atoms in total. The highest BCUT2D eigenvalue weighted by molar-refractivity contribution is 7.98. The summed E-state index contributed by atoms with van der Waals surface area (Å²) in [6.07, 6.45) is 0. The van der Waals surface area contributed by atoms with E-state index < -0.39 is 21.7 Å². The first kappa shape index (κ1) is 25.2. The smallest absolute Gasteiger partial charge is 0.269 e. The van der Waals surface area contributed by atoms with E-state index in [0.717, 1.165) is 0 Å². The zero-order valence-electron chi connectivity index (χ0n) is 15.9. The van der Waals surface area contributed by atoms with E-state index in [9.17, 15) is 17.6 Å². The van der Waals surface area contributed by atoms with E-state index in [4.69, 9.17) is 34.8 Å². The lowest BCUT2D eigenvalue weighted by Gasteiger charge is -2.06. The van der Waals surface area contributed by atoms with Crippen molar-refractivity contribution in [3.05, 3.63) is 68.4 Å². The van der Waals surface area contributed by atoms with Crippen LogP contribution >= 0.6 is 57.9 Å². The lowest BCUT2D eigenvalue weighted by atomic mass is 10.2. The van der Waals surface area contributed by atoms with Crippen LogP contribution in [0.15, 0.2) is 40.7 Å². The molecule has 0 aliphatic heterocycles. The molecule has 0 saturated carbocycles. The maximum absolute atomic E-state index is 13.7. The van der Waals surface area contributed by atoms with Crippen LogP contribution in [0.1, 0.15) is 15.9 Å². The third-order valence-electron chi connectivity index (χ3n) is 3.88. The third-order valence-corrected chi connectivity index (χ3v) is 8.43. The predicted octanol–water partition coefficient (Wildman–Crippen LogP) is 5.10. The molecule has 3 aromatic rings. The van der Waals surface area contributed by atoms with Crippen molar-refractivity contribution in [3.8, 4) is 0 Å². The Labute approximate surface area is 206 Å². The van der Waals surface area contributed by atoms with Gasteiger partial charge in [0.05, 0.1) is 10.6 Å². The van der Waals surface area contributed by atoms with Gasteiger partial charge in [-0.25, -0.2) is 17.5 Å². The number of anilines is 1. The summed E-state index contributed by atoms with van der Waals surface area (Å²) in [7, 11) is -3.93. The molecule has 0 bridgehead atoms. The van der Waals surface area contributed by atoms with E-state index >= 15 is 0 Å². The summed E-state index contributed by atoms with van der Waals surface area (Å²) in [5.41, 5.74) is 0.521. The van der Waals surface area contributed by atoms with Gasteiger partial charge >= 0.3 is 0 Å². The number of thioether (sulfide) groups is 1. The van der Waals surface area contributed by atoms with Gasteiger partial charge in [-0.05, 0) is 30.3 Å². The number of carbonyl (C=O) groups excluding carboxylic acids is 1. The Morgan fingerprint density at radius 3 is 2.62 bits per heavy atom. The summed E-state index contributed by atoms with van der Waals surface area (Å²) in [5.74, 6) is -0.312. The van der Waals surface area contributed by atoms with Gasteiger partial charge in [0.25, 0.3) is 15.9 Å². The number of rotatable bonds is 9. The van der Waals surface area contributed by atoms with E-state index in [1.54, 1.807) is 6.07 Å². The maximum atomic E-state index is 13.7. The van der Waals surface area contributed by atoms with Crippen LogP contribution in [0, 0.1) is 5.82 Å². The minimum absolute atomic E-state index is 0.00930. The van der Waals surface area contributed by atoms with Gasteiger partial charge in [0, 0.05) is 33.7 Å². The van der Waals surface area contributed by atoms with Crippen LogP contribution in [-0.2, 0) is 15.8 Å². The van der Waals surface area contributed by atoms with Crippen molar-refractivity contribution in [3.63, 3.8) is 0 Å². The standard InChI is InChI=1S/C18H14Cl3FN4O3S3/c19-10-4-5-11(14(21)8-10)16(27)24-17-25-26-18(31-17)32(28,29)23-6-7-30-9-12-13(20)2-1-3-15(12)22/h1-5,8,23H,6-7,9H2,(H,24,25,27). The first-order valence-corrected chi connectivity index (χ1v) is 13.4. The molecular weight excluding hydrogens is 542 g/mol. The van der Waals surface area contributed by atoms with Crippen LogP contribution in [0.25, 0.3) is 0 Å². The van der Waals surface area contributed by atoms with E-state index in [1.165, 1.54) is 42.1 Å². The fourth-order valence-corrected chi connectivity index (χ4v) is 6.15. The Kier molecular flexibility index (Phi) is 8.73. The molecule has 1 aromatic heterocycles. The van der Waals surface area contributed by atoms with Crippen LogP contribution in [0.5, 0.6) is 0 Å². The highest BCUT2D eigenvalue weighted by Gasteiger charge is 2.21. The van der Waals surface area contributed by atoms with E-state index in [2.05, 4.69) is 20.2 Å². The largest absolute Gasteiger partial charge is 0.296 e. The molecule has 3 rings (SSSR count). The van der Waals surface area contributed by atoms with Crippen molar-refractivity contribution in [1.82, 2.24) is 14.9 Å². The number of benzene rings is 2. The lowest BCUT2D eigenvalue weighted by molar-refractivity contribution is 0.102. The first-order valence-electron chi connectivity index (χ1n) is 8.77. The van der Waals surface area contributed by atoms with Crippen LogP contribution in [-0.4, -0.2) is 36.8 Å². The van der Waals surface area contributed by atoms with Crippen LogP contribution in [0.3, 0.4) is 0 Å². The van der Waals surface area contributed by atoms with Crippen LogP contribution < -0.4 is 10.0 Å². The fourth-order valence-electron chi connectivity index (χ4n) is 2.36. The van der Waals surface area contributed by atoms with Gasteiger partial charge in [0.1, 0.15) is 5.82 Å². The zero-order valence-corrected chi connectivity index (χ0v) is 20.7. The van der Waals surface area contributed by atoms with Crippen molar-refractivity contribution in [2.75, 3.05) is 17.6 Å². The second-order valence-corrected chi connectivity index (χ2v) is 11.4. The second-order valence-electron chi connectivity index (χ2n) is 6.10. The molecule has 0 unspecified atom stereocenters. The minimum Gasteiger partial charge on any atom is -0.296 e. The number of nitrogens with one attached hydrogen (secondary N) is 2. The predicted molar refractivity (Wildman–Crippen MR) is 127 cm³/mol. The maximum Gasteiger partial charge on any atom is 0.269 e. The van der Waals surface area contributed by atoms with Crippen molar-refractivity contribution >= 4 is 79.0 Å². The topological polar surface area (TPSA) is 101 Å². The lowest BCUT2D eigenvalue weighted by Crippen LogP contribution is -2.26. The normalized spacial score (nSPS) is 11.5. The van der Waals surface area contributed by atoms with E-state index in [0.29, 0.717) is 38.5 Å². The number of aromatic nitrogens is 2. The monoisotopic (exact) mass is 554 g/mol. The van der Waals surface area contributed by atoms with Gasteiger partial charge in [0.15, 0.2) is 0 Å². The van der Waals surface area contributed by atoms with E-state index in [-0.39, 0.29) is 26.6 Å². The van der Waals surface area contributed by atoms with Crippen LogP contribution in [0.4, 0.5) is 9.52 Å². The molecule has 0 radical (unpaired) electrons. The molecular formula is C18H14Cl3FN4O3S3. The number of hydrogen-bond donors (Lipinski definition) is 2. The molecule has 0 aliphatic carbocycles. The molecule has 14 heteroatoms. The number of halogens is 4. The number of hydrogen-bond acceptors (Lipinski definition) is 7. The summed E-state index contributed by atoms with van der Waals surface area (Å²) in [5, 5.41) is 10.6. The summed E-state index contributed by atoms with van der Waals surface area (Å²) in [4.78, 5) is 12.3. The van der Waals surface area contributed by atoms with Crippen LogP contribution in [0.2, 0.25) is 15.1 Å². The molecule has 0 spiro atoms. The zero-order chi connectivity index (χ0) is 23.3. The molecule has 1 amide bonds. The van der Waals surface area contributed by atoms with Gasteiger partial charge < -0.3 is 0 Å². The molecule has 0 aliphatic rings. The molecule has 0 atom stereocenters. The van der Waals surface area contributed by atoms with Gasteiger partial charge in [-0.2, -0.15) is 11.8 Å². The fraction of sp³-hybridized carbons (Fsp3) is 0.167. The third kappa shape index (κ3) is 6.53. The number of carbonyl (C=O) groups is 1. The Bertz CT molecular complexity index is 1220. The molecule has 0 fully saturated rings. The number of nitrogens with zero attached hydrogens (tertiary/aromatic N) is 2. The average molecular weight is 556 g/mol. The van der Waals surface area contributed by atoms with Gasteiger partial charge in [-0.3, -0.25) is 10.1 Å². The second kappa shape index (κ2) is 11.1. The van der Waals surface area contributed by atoms with Crippen molar-refractivity contribution in [2.45, 2.75) is 10.1 Å².